The van der Waals surface area contributed by atoms with Crippen LogP contribution in [0.4, 0.5) is 16.3 Å². The predicted octanol–water partition coefficient (Wildman–Crippen LogP) is 1.37. The maximum Gasteiger partial charge on any atom is 0.404 e. The van der Waals surface area contributed by atoms with E-state index in [1.807, 2.05) is 4.90 Å². The number of rotatable bonds is 5. The van der Waals surface area contributed by atoms with Gasteiger partial charge in [0, 0.05) is 31.8 Å². The van der Waals surface area contributed by atoms with Crippen LogP contribution in [0.3, 0.4) is 0 Å². The molecule has 1 fully saturated rings. The lowest BCUT2D eigenvalue weighted by Gasteiger charge is -2.33. The van der Waals surface area contributed by atoms with Crippen molar-refractivity contribution in [2.24, 2.45) is 0 Å². The number of amides is 1. The molecule has 9 nitrogen and oxygen atoms in total. The van der Waals surface area contributed by atoms with Crippen molar-refractivity contribution in [3.05, 3.63) is 27.9 Å². The summed E-state index contributed by atoms with van der Waals surface area (Å²) < 4.78 is 5.10. The predicted molar refractivity (Wildman–Crippen MR) is 78.0 cm³/mol. The zero-order valence-electron chi connectivity index (χ0n) is 12.2. The van der Waals surface area contributed by atoms with E-state index in [1.165, 1.54) is 13.3 Å². The molecule has 0 aliphatic carbocycles. The normalized spacial score (nSPS) is 15.6. The molecule has 0 spiro atoms. The summed E-state index contributed by atoms with van der Waals surface area (Å²) in [5.74, 6) is -0.195. The molecule has 0 radical (unpaired) electrons. The minimum Gasteiger partial charge on any atom is -0.465 e. The van der Waals surface area contributed by atoms with Gasteiger partial charge < -0.3 is 30.2 Å². The van der Waals surface area contributed by atoms with Crippen molar-refractivity contribution in [1.29, 1.82) is 0 Å². The maximum atomic E-state index is 11.2. The summed E-state index contributed by atoms with van der Waals surface area (Å²) in [6.07, 6.45) is 1.52. The number of hydrogen-bond donors (Lipinski definition) is 2. The molecule has 9 heteroatoms. The molecule has 0 atom stereocenters. The van der Waals surface area contributed by atoms with Gasteiger partial charge in [0.2, 0.25) is 0 Å². The van der Waals surface area contributed by atoms with E-state index in [0.717, 1.165) is 0 Å². The van der Waals surface area contributed by atoms with E-state index in [0.29, 0.717) is 37.2 Å². The topological polar surface area (TPSA) is 118 Å². The van der Waals surface area contributed by atoms with Crippen LogP contribution in [0.5, 0.6) is 0 Å². The second-order valence-corrected chi connectivity index (χ2v) is 5.04. The number of anilines is 1. The molecule has 0 saturated carbocycles. The molecular weight excluding hydrogens is 292 g/mol. The highest BCUT2D eigenvalue weighted by Crippen LogP contribution is 2.32. The van der Waals surface area contributed by atoms with Crippen LogP contribution in [-0.4, -0.2) is 47.3 Å². The van der Waals surface area contributed by atoms with Gasteiger partial charge in [-0.05, 0) is 28.8 Å². The highest BCUT2D eigenvalue weighted by Gasteiger charge is 2.28. The third-order valence-electron chi connectivity index (χ3n) is 3.60. The number of hydrogen-bond acceptors (Lipinski definition) is 6. The lowest BCUT2D eigenvalue weighted by molar-refractivity contribution is -0.388. The Bertz CT molecular complexity index is 557. The first-order chi connectivity index (χ1) is 10.5. The van der Waals surface area contributed by atoms with Crippen LogP contribution >= 0.6 is 0 Å². The molecule has 1 aromatic rings. The minimum atomic E-state index is -1.05. The molecule has 2 heterocycles. The molecule has 2 rings (SSSR count). The van der Waals surface area contributed by atoms with E-state index in [1.54, 1.807) is 6.07 Å². The van der Waals surface area contributed by atoms with E-state index in [4.69, 9.17) is 9.84 Å². The summed E-state index contributed by atoms with van der Waals surface area (Å²) >= 11 is 0. The monoisotopic (exact) mass is 310 g/mol. The molecule has 120 valence electrons. The van der Waals surface area contributed by atoms with Gasteiger partial charge in [0.05, 0.1) is 6.61 Å². The number of piperidine rings is 1. The second kappa shape index (κ2) is 7.03. The van der Waals surface area contributed by atoms with Gasteiger partial charge in [0.1, 0.15) is 11.9 Å². The van der Waals surface area contributed by atoms with Crippen molar-refractivity contribution in [1.82, 2.24) is 10.3 Å². The van der Waals surface area contributed by atoms with Gasteiger partial charge in [0.25, 0.3) is 0 Å². The Hall–Kier alpha value is -2.42. The highest BCUT2D eigenvalue weighted by atomic mass is 16.6. The number of carboxylic acid groups (broad SMARTS) is 1. The average Bonchev–Trinajstić information content (AvgIpc) is 2.47. The molecule has 22 heavy (non-hydrogen) atoms. The van der Waals surface area contributed by atoms with E-state index in [2.05, 4.69) is 10.3 Å². The van der Waals surface area contributed by atoms with Gasteiger partial charge in [-0.3, -0.25) is 0 Å². The molecule has 1 saturated heterocycles. The van der Waals surface area contributed by atoms with E-state index >= 15 is 0 Å². The Kier molecular flexibility index (Phi) is 5.10. The van der Waals surface area contributed by atoms with Crippen molar-refractivity contribution in [2.75, 3.05) is 25.1 Å². The molecule has 1 aromatic heterocycles. The van der Waals surface area contributed by atoms with Crippen LogP contribution in [0, 0.1) is 10.1 Å². The summed E-state index contributed by atoms with van der Waals surface area (Å²) in [5, 5.41) is 22.4. The highest BCUT2D eigenvalue weighted by molar-refractivity contribution is 5.66. The molecule has 0 aromatic carbocycles. The summed E-state index contributed by atoms with van der Waals surface area (Å²) in [7, 11) is 1.53. The van der Waals surface area contributed by atoms with Crippen molar-refractivity contribution in [3.8, 4) is 0 Å². The second-order valence-electron chi connectivity index (χ2n) is 5.04. The molecule has 0 unspecified atom stereocenters. The zero-order valence-corrected chi connectivity index (χ0v) is 12.2. The molecule has 1 amide bonds. The van der Waals surface area contributed by atoms with Crippen molar-refractivity contribution >= 4 is 17.6 Å². The minimum absolute atomic E-state index is 0.129. The van der Waals surface area contributed by atoms with Gasteiger partial charge >= 0.3 is 11.9 Å². The van der Waals surface area contributed by atoms with Gasteiger partial charge in [-0.2, -0.15) is 0 Å². The van der Waals surface area contributed by atoms with Gasteiger partial charge in [-0.1, -0.05) is 0 Å². The molecular formula is C13H18N4O5. The van der Waals surface area contributed by atoms with Crippen LogP contribution in [0.1, 0.15) is 18.4 Å². The molecule has 2 N–H and O–H groups in total. The van der Waals surface area contributed by atoms with Crippen molar-refractivity contribution in [3.63, 3.8) is 0 Å². The Labute approximate surface area is 127 Å². The number of carbonyl (C=O) groups is 1. The van der Waals surface area contributed by atoms with Crippen LogP contribution in [0.15, 0.2) is 12.3 Å². The van der Waals surface area contributed by atoms with Crippen LogP contribution in [-0.2, 0) is 11.3 Å². The number of nitrogens with one attached hydrogen (secondary N) is 1. The third-order valence-corrected chi connectivity index (χ3v) is 3.60. The number of nitro groups is 1. The Morgan fingerprint density at radius 1 is 1.59 bits per heavy atom. The van der Waals surface area contributed by atoms with E-state index in [9.17, 15) is 14.9 Å². The Morgan fingerprint density at radius 3 is 2.82 bits per heavy atom. The summed E-state index contributed by atoms with van der Waals surface area (Å²) in [4.78, 5) is 27.1. The van der Waals surface area contributed by atoms with E-state index in [-0.39, 0.29) is 18.5 Å². The van der Waals surface area contributed by atoms with Gasteiger partial charge in [0.15, 0.2) is 0 Å². The first-order valence-electron chi connectivity index (χ1n) is 6.88. The lowest BCUT2D eigenvalue weighted by atomic mass is 10.0. The van der Waals surface area contributed by atoms with Crippen molar-refractivity contribution in [2.45, 2.75) is 25.5 Å². The van der Waals surface area contributed by atoms with E-state index < -0.39 is 11.0 Å². The fraction of sp³-hybridized carbons (Fsp3) is 0.538. The third kappa shape index (κ3) is 3.61. The fourth-order valence-corrected chi connectivity index (χ4v) is 2.65. The largest absolute Gasteiger partial charge is 0.465 e. The number of methoxy groups -OCH3 is 1. The molecule has 0 bridgehead atoms. The first kappa shape index (κ1) is 16.0. The van der Waals surface area contributed by atoms with Crippen LogP contribution < -0.4 is 10.2 Å². The summed E-state index contributed by atoms with van der Waals surface area (Å²) in [6, 6.07) is 1.57. The zero-order chi connectivity index (χ0) is 16.1. The first-order valence-corrected chi connectivity index (χ1v) is 6.88. The average molecular weight is 310 g/mol. The van der Waals surface area contributed by atoms with Gasteiger partial charge in [-0.15, -0.1) is 0 Å². The number of pyridine rings is 1. The smallest absolute Gasteiger partial charge is 0.404 e. The van der Waals surface area contributed by atoms with Crippen LogP contribution in [0.2, 0.25) is 0 Å². The number of aromatic nitrogens is 1. The fourth-order valence-electron chi connectivity index (χ4n) is 2.65. The SMILES string of the molecule is COCc1ccnc([N+](=O)[O-])c1N1CCC(NC(=O)O)CC1. The molecule has 1 aliphatic heterocycles. The summed E-state index contributed by atoms with van der Waals surface area (Å²) in [6.45, 7) is 1.30. The summed E-state index contributed by atoms with van der Waals surface area (Å²) in [5.41, 5.74) is 1.16. The molecule has 1 aliphatic rings. The maximum absolute atomic E-state index is 11.2. The van der Waals surface area contributed by atoms with Crippen LogP contribution in [0.25, 0.3) is 0 Å². The number of nitrogens with zero attached hydrogens (tertiary/aromatic N) is 3. The Balaban J connectivity index is 2.21. The van der Waals surface area contributed by atoms with Crippen molar-refractivity contribution < 1.29 is 19.6 Å². The quantitative estimate of drug-likeness (QED) is 0.623. The number of ether oxygens (including phenoxy) is 1. The lowest BCUT2D eigenvalue weighted by Crippen LogP contribution is -2.44. The Morgan fingerprint density at radius 2 is 2.27 bits per heavy atom. The standard InChI is InChI=1S/C13H18N4O5/c1-22-8-9-2-5-14-12(17(20)21)11(9)16-6-3-10(4-7-16)15-13(18)19/h2,5,10,15H,3-4,6-8H2,1H3,(H,18,19). The van der Waals surface area contributed by atoms with Gasteiger partial charge in [-0.25, -0.2) is 4.79 Å².